The van der Waals surface area contributed by atoms with E-state index >= 15 is 0 Å². The SMILES string of the molecule is O=C(OCC(F)(F)C(F)(F)C(F)(F)C(F)F)Oc1ccc([N+](=O)[O-])c(C2C(F)CC(F)CC2F)c1. The molecule has 1 aliphatic rings. The van der Waals surface area contributed by atoms with E-state index in [2.05, 4.69) is 9.47 Å². The topological polar surface area (TPSA) is 78.7 Å². The number of hydrogen-bond donors (Lipinski definition) is 0. The van der Waals surface area contributed by atoms with Crippen molar-refractivity contribution in [1.29, 1.82) is 0 Å². The summed E-state index contributed by atoms with van der Waals surface area (Å²) in [4.78, 5) is 21.7. The van der Waals surface area contributed by atoms with Gasteiger partial charge in [0.1, 0.15) is 24.3 Å². The van der Waals surface area contributed by atoms with Gasteiger partial charge in [0.2, 0.25) is 0 Å². The highest BCUT2D eigenvalue weighted by molar-refractivity contribution is 5.64. The van der Waals surface area contributed by atoms with E-state index in [4.69, 9.17) is 0 Å². The molecule has 0 N–H and O–H groups in total. The second kappa shape index (κ2) is 10.0. The van der Waals surface area contributed by atoms with E-state index in [1.54, 1.807) is 0 Å². The van der Waals surface area contributed by atoms with Crippen molar-refractivity contribution in [3.05, 3.63) is 33.9 Å². The van der Waals surface area contributed by atoms with Crippen LogP contribution in [0.3, 0.4) is 0 Å². The largest absolute Gasteiger partial charge is 0.514 e. The molecule has 0 aliphatic heterocycles. The summed E-state index contributed by atoms with van der Waals surface area (Å²) in [6.07, 6.45) is -15.5. The van der Waals surface area contributed by atoms with Gasteiger partial charge >= 0.3 is 30.3 Å². The molecule has 0 spiro atoms. The van der Waals surface area contributed by atoms with E-state index < -0.39 is 96.2 Å². The van der Waals surface area contributed by atoms with Crippen LogP contribution in [0, 0.1) is 10.1 Å². The van der Waals surface area contributed by atoms with E-state index in [9.17, 15) is 63.2 Å². The Morgan fingerprint density at radius 3 is 2.09 bits per heavy atom. The Morgan fingerprint density at radius 2 is 1.60 bits per heavy atom. The highest BCUT2D eigenvalue weighted by atomic mass is 19.4. The number of benzene rings is 1. The van der Waals surface area contributed by atoms with Crippen LogP contribution in [0.15, 0.2) is 18.2 Å². The lowest BCUT2D eigenvalue weighted by Gasteiger charge is -2.31. The number of alkyl halides is 11. The summed E-state index contributed by atoms with van der Waals surface area (Å²) in [6, 6.07) is 1.70. The molecule has 0 heterocycles. The van der Waals surface area contributed by atoms with Crippen molar-refractivity contribution in [2.75, 3.05) is 6.61 Å². The summed E-state index contributed by atoms with van der Waals surface area (Å²) in [5.74, 6) is -21.9. The van der Waals surface area contributed by atoms with Gasteiger partial charge in [-0.3, -0.25) is 10.1 Å². The highest BCUT2D eigenvalue weighted by Gasteiger charge is 2.75. The van der Waals surface area contributed by atoms with Gasteiger partial charge in [-0.05, 0) is 12.1 Å². The standard InChI is InChI=1S/C18H14F11NO5/c19-7-3-10(20)13(11(21)4-7)9-5-8(1-2-12(9)30(32)33)35-15(31)34-6-16(24,25)18(28,29)17(26,27)14(22)23/h1-2,5,7,10-11,13-14H,3-4,6H2. The first-order valence-corrected chi connectivity index (χ1v) is 9.39. The van der Waals surface area contributed by atoms with Gasteiger partial charge in [-0.2, -0.15) is 26.3 Å². The van der Waals surface area contributed by atoms with Crippen LogP contribution in [0.25, 0.3) is 0 Å². The summed E-state index contributed by atoms with van der Waals surface area (Å²) >= 11 is 0. The zero-order chi connectivity index (χ0) is 26.9. The average Bonchev–Trinajstić information content (AvgIpc) is 2.71. The van der Waals surface area contributed by atoms with Crippen LogP contribution >= 0.6 is 0 Å². The van der Waals surface area contributed by atoms with E-state index in [1.807, 2.05) is 0 Å². The van der Waals surface area contributed by atoms with Gasteiger partial charge in [-0.25, -0.2) is 26.7 Å². The number of carbonyl (C=O) groups is 1. The maximum Gasteiger partial charge on any atom is 0.514 e. The minimum absolute atomic E-state index is 0.513. The Kier molecular flexibility index (Phi) is 8.11. The van der Waals surface area contributed by atoms with Gasteiger partial charge in [-0.1, -0.05) is 0 Å². The van der Waals surface area contributed by atoms with Crippen LogP contribution < -0.4 is 4.74 Å². The van der Waals surface area contributed by atoms with Crippen molar-refractivity contribution in [2.45, 2.75) is 61.5 Å². The lowest BCUT2D eigenvalue weighted by molar-refractivity contribution is -0.386. The van der Waals surface area contributed by atoms with Crippen molar-refractivity contribution in [1.82, 2.24) is 0 Å². The molecule has 1 aromatic carbocycles. The molecule has 2 atom stereocenters. The highest BCUT2D eigenvalue weighted by Crippen LogP contribution is 2.48. The summed E-state index contributed by atoms with van der Waals surface area (Å²) in [5.41, 5.74) is -1.61. The maximum atomic E-state index is 14.3. The second-order valence-electron chi connectivity index (χ2n) is 7.45. The Hall–Kier alpha value is -2.88. The third-order valence-corrected chi connectivity index (χ3v) is 5.02. The van der Waals surface area contributed by atoms with Gasteiger partial charge in [0.15, 0.2) is 6.61 Å². The van der Waals surface area contributed by atoms with Crippen LogP contribution in [-0.4, -0.2) is 60.4 Å². The lowest BCUT2D eigenvalue weighted by atomic mass is 9.79. The number of nitro groups is 1. The fraction of sp³-hybridized carbons (Fsp3) is 0.611. The smallest absolute Gasteiger partial charge is 0.427 e. The first kappa shape index (κ1) is 28.4. The third kappa shape index (κ3) is 5.69. The predicted molar refractivity (Wildman–Crippen MR) is 92.6 cm³/mol. The van der Waals surface area contributed by atoms with Crippen LogP contribution in [0.1, 0.15) is 24.3 Å². The Morgan fingerprint density at radius 1 is 1.06 bits per heavy atom. The lowest BCUT2D eigenvalue weighted by Crippen LogP contribution is -2.59. The number of carbonyl (C=O) groups excluding carboxylic acids is 1. The van der Waals surface area contributed by atoms with E-state index in [1.165, 1.54) is 0 Å². The molecule has 1 fully saturated rings. The molecule has 0 saturated heterocycles. The summed E-state index contributed by atoms with van der Waals surface area (Å²) in [5, 5.41) is 11.2. The number of hydrogen-bond acceptors (Lipinski definition) is 5. The van der Waals surface area contributed by atoms with Gasteiger partial charge in [0.25, 0.3) is 5.69 Å². The number of halogens is 11. The molecule has 1 saturated carbocycles. The number of nitrogens with zero attached hydrogens (tertiary/aromatic N) is 1. The second-order valence-corrected chi connectivity index (χ2v) is 7.45. The molecule has 2 rings (SSSR count). The average molecular weight is 533 g/mol. The number of nitro benzene ring substituents is 1. The van der Waals surface area contributed by atoms with Crippen LogP contribution in [-0.2, 0) is 4.74 Å². The minimum Gasteiger partial charge on any atom is -0.427 e. The van der Waals surface area contributed by atoms with Gasteiger partial charge in [0, 0.05) is 24.5 Å². The van der Waals surface area contributed by atoms with Crippen LogP contribution in [0.4, 0.5) is 58.8 Å². The maximum absolute atomic E-state index is 14.3. The van der Waals surface area contributed by atoms with E-state index in [0.29, 0.717) is 18.2 Å². The van der Waals surface area contributed by atoms with Crippen molar-refractivity contribution in [3.63, 3.8) is 0 Å². The molecule has 0 radical (unpaired) electrons. The molecular formula is C18H14F11NO5. The molecular weight excluding hydrogens is 519 g/mol. The summed E-state index contributed by atoms with van der Waals surface area (Å²) in [7, 11) is 0. The molecule has 0 amide bonds. The number of rotatable bonds is 8. The minimum atomic E-state index is -6.66. The third-order valence-electron chi connectivity index (χ3n) is 5.02. The van der Waals surface area contributed by atoms with Crippen LogP contribution in [0.2, 0.25) is 0 Å². The zero-order valence-electron chi connectivity index (χ0n) is 16.9. The molecule has 17 heteroatoms. The molecule has 0 aromatic heterocycles. The quantitative estimate of drug-likeness (QED) is 0.131. The summed E-state index contributed by atoms with van der Waals surface area (Å²) in [6.45, 7) is -2.85. The number of ether oxygens (including phenoxy) is 2. The molecule has 6 nitrogen and oxygen atoms in total. The molecule has 0 bridgehead atoms. The van der Waals surface area contributed by atoms with Gasteiger partial charge < -0.3 is 9.47 Å². The van der Waals surface area contributed by atoms with Crippen molar-refractivity contribution < 1.29 is 67.5 Å². The Balaban J connectivity index is 2.21. The molecule has 35 heavy (non-hydrogen) atoms. The first-order chi connectivity index (χ1) is 15.9. The molecule has 1 aliphatic carbocycles. The Bertz CT molecular complexity index is 933. The molecule has 198 valence electrons. The van der Waals surface area contributed by atoms with E-state index in [0.717, 1.165) is 0 Å². The van der Waals surface area contributed by atoms with Gasteiger partial charge in [-0.15, -0.1) is 0 Å². The zero-order valence-corrected chi connectivity index (χ0v) is 16.9. The fourth-order valence-corrected chi connectivity index (χ4v) is 3.27. The monoisotopic (exact) mass is 533 g/mol. The first-order valence-electron chi connectivity index (χ1n) is 9.39. The molecule has 2 unspecified atom stereocenters. The van der Waals surface area contributed by atoms with Crippen molar-refractivity contribution in [3.8, 4) is 5.75 Å². The fourth-order valence-electron chi connectivity index (χ4n) is 3.27. The predicted octanol–water partition coefficient (Wildman–Crippen LogP) is 6.17. The van der Waals surface area contributed by atoms with Gasteiger partial charge in [0.05, 0.1) is 10.8 Å². The van der Waals surface area contributed by atoms with E-state index in [-0.39, 0.29) is 0 Å². The molecule has 1 aromatic rings. The van der Waals surface area contributed by atoms with Crippen molar-refractivity contribution in [2.24, 2.45) is 0 Å². The van der Waals surface area contributed by atoms with Crippen molar-refractivity contribution >= 4 is 11.8 Å². The summed E-state index contributed by atoms with van der Waals surface area (Å²) < 4.78 is 153. The Labute approximate surface area is 188 Å². The van der Waals surface area contributed by atoms with Crippen LogP contribution in [0.5, 0.6) is 5.75 Å². The normalized spacial score (nSPS) is 23.8.